The van der Waals surface area contributed by atoms with Gasteiger partial charge in [-0.25, -0.2) is 0 Å². The van der Waals surface area contributed by atoms with Crippen LogP contribution in [0.1, 0.15) is 40.0 Å². The molecule has 0 aromatic rings. The van der Waals surface area contributed by atoms with Gasteiger partial charge in [0.15, 0.2) is 0 Å². The van der Waals surface area contributed by atoms with Gasteiger partial charge in [-0.05, 0) is 37.8 Å². The van der Waals surface area contributed by atoms with Crippen LogP contribution in [0.3, 0.4) is 0 Å². The molecule has 18 heavy (non-hydrogen) atoms. The van der Waals surface area contributed by atoms with E-state index in [0.717, 1.165) is 45.4 Å². The van der Waals surface area contributed by atoms with E-state index < -0.39 is 0 Å². The molecule has 4 nitrogen and oxygen atoms in total. The highest BCUT2D eigenvalue weighted by Crippen LogP contribution is 2.20. The standard InChI is InChI=1S/C14H29N3O/c1-4-14(2,3)11-16-13(18)12-5-8-17(9-6-12)10-7-15/h12H,4-11,15H2,1-3H3,(H,16,18). The zero-order valence-electron chi connectivity index (χ0n) is 12.2. The van der Waals surface area contributed by atoms with E-state index in [1.807, 2.05) is 0 Å². The largest absolute Gasteiger partial charge is 0.355 e. The second-order valence-electron chi connectivity index (χ2n) is 6.14. The number of nitrogens with two attached hydrogens (primary N) is 1. The summed E-state index contributed by atoms with van der Waals surface area (Å²) in [6, 6.07) is 0. The molecular weight excluding hydrogens is 226 g/mol. The molecule has 0 unspecified atom stereocenters. The fourth-order valence-electron chi connectivity index (χ4n) is 2.20. The van der Waals surface area contributed by atoms with E-state index in [2.05, 4.69) is 31.0 Å². The molecule has 0 spiro atoms. The maximum atomic E-state index is 12.1. The zero-order chi connectivity index (χ0) is 13.6. The number of likely N-dealkylation sites (tertiary alicyclic amines) is 1. The van der Waals surface area contributed by atoms with Crippen molar-refractivity contribution in [2.75, 3.05) is 32.7 Å². The second-order valence-corrected chi connectivity index (χ2v) is 6.14. The highest BCUT2D eigenvalue weighted by Gasteiger charge is 2.25. The molecule has 1 rings (SSSR count). The lowest BCUT2D eigenvalue weighted by Gasteiger charge is -2.31. The van der Waals surface area contributed by atoms with Crippen molar-refractivity contribution in [3.63, 3.8) is 0 Å². The van der Waals surface area contributed by atoms with Crippen LogP contribution in [-0.4, -0.2) is 43.5 Å². The first kappa shape index (κ1) is 15.4. The van der Waals surface area contributed by atoms with Gasteiger partial charge < -0.3 is 16.0 Å². The van der Waals surface area contributed by atoms with Gasteiger partial charge in [0, 0.05) is 25.6 Å². The molecule has 0 aromatic carbocycles. The minimum absolute atomic E-state index is 0.201. The maximum Gasteiger partial charge on any atom is 0.223 e. The van der Waals surface area contributed by atoms with Crippen LogP contribution < -0.4 is 11.1 Å². The van der Waals surface area contributed by atoms with E-state index in [0.29, 0.717) is 6.54 Å². The monoisotopic (exact) mass is 255 g/mol. The molecule has 1 amide bonds. The van der Waals surface area contributed by atoms with Gasteiger partial charge in [0.2, 0.25) is 5.91 Å². The third-order valence-electron chi connectivity index (χ3n) is 4.10. The fraction of sp³-hybridized carbons (Fsp3) is 0.929. The van der Waals surface area contributed by atoms with Gasteiger partial charge in [-0.1, -0.05) is 20.8 Å². The molecule has 1 aliphatic rings. The molecule has 0 aromatic heterocycles. The van der Waals surface area contributed by atoms with Crippen LogP contribution in [-0.2, 0) is 4.79 Å². The Morgan fingerprint density at radius 3 is 2.50 bits per heavy atom. The Bertz CT molecular complexity index is 258. The Morgan fingerprint density at radius 1 is 1.39 bits per heavy atom. The third kappa shape index (κ3) is 4.94. The van der Waals surface area contributed by atoms with Crippen molar-refractivity contribution in [3.05, 3.63) is 0 Å². The van der Waals surface area contributed by atoms with Crippen molar-refractivity contribution < 1.29 is 4.79 Å². The van der Waals surface area contributed by atoms with Gasteiger partial charge in [-0.15, -0.1) is 0 Å². The number of carbonyl (C=O) groups is 1. The van der Waals surface area contributed by atoms with E-state index in [1.54, 1.807) is 0 Å². The van der Waals surface area contributed by atoms with Crippen LogP contribution in [0.15, 0.2) is 0 Å². The predicted molar refractivity (Wildman–Crippen MR) is 75.3 cm³/mol. The number of hydrogen-bond acceptors (Lipinski definition) is 3. The predicted octanol–water partition coefficient (Wildman–Crippen LogP) is 1.21. The van der Waals surface area contributed by atoms with Gasteiger partial charge in [0.25, 0.3) is 0 Å². The topological polar surface area (TPSA) is 58.4 Å². The minimum atomic E-state index is 0.201. The average molecular weight is 255 g/mol. The van der Waals surface area contributed by atoms with Gasteiger partial charge in [-0.3, -0.25) is 4.79 Å². The molecule has 4 heteroatoms. The lowest BCUT2D eigenvalue weighted by atomic mass is 9.89. The molecular formula is C14H29N3O. The summed E-state index contributed by atoms with van der Waals surface area (Å²) in [6.45, 7) is 11.0. The molecule has 1 heterocycles. The lowest BCUT2D eigenvalue weighted by molar-refractivity contribution is -0.126. The van der Waals surface area contributed by atoms with Gasteiger partial charge in [0.1, 0.15) is 0 Å². The van der Waals surface area contributed by atoms with Crippen LogP contribution in [0.25, 0.3) is 0 Å². The number of nitrogens with zero attached hydrogens (tertiary/aromatic N) is 1. The van der Waals surface area contributed by atoms with Crippen molar-refractivity contribution in [1.82, 2.24) is 10.2 Å². The van der Waals surface area contributed by atoms with Crippen LogP contribution in [0.2, 0.25) is 0 Å². The molecule has 0 saturated carbocycles. The summed E-state index contributed by atoms with van der Waals surface area (Å²) in [5.41, 5.74) is 5.75. The summed E-state index contributed by atoms with van der Waals surface area (Å²) in [6.07, 6.45) is 3.03. The second kappa shape index (κ2) is 7.10. The SMILES string of the molecule is CCC(C)(C)CNC(=O)C1CCN(CCN)CC1. The lowest BCUT2D eigenvalue weighted by Crippen LogP contribution is -2.43. The average Bonchev–Trinajstić information content (AvgIpc) is 2.37. The molecule has 106 valence electrons. The first-order chi connectivity index (χ1) is 8.48. The summed E-state index contributed by atoms with van der Waals surface area (Å²) in [4.78, 5) is 14.4. The Kier molecular flexibility index (Phi) is 6.09. The Labute approximate surface area is 111 Å². The summed E-state index contributed by atoms with van der Waals surface area (Å²) < 4.78 is 0. The van der Waals surface area contributed by atoms with Crippen LogP contribution >= 0.6 is 0 Å². The number of amides is 1. The summed E-state index contributed by atoms with van der Waals surface area (Å²) in [5.74, 6) is 0.440. The number of piperidine rings is 1. The fourth-order valence-corrected chi connectivity index (χ4v) is 2.20. The number of rotatable bonds is 6. The highest BCUT2D eigenvalue weighted by atomic mass is 16.1. The highest BCUT2D eigenvalue weighted by molar-refractivity contribution is 5.78. The van der Waals surface area contributed by atoms with E-state index in [4.69, 9.17) is 5.73 Å². The van der Waals surface area contributed by atoms with Crippen molar-refractivity contribution in [2.24, 2.45) is 17.1 Å². The zero-order valence-corrected chi connectivity index (χ0v) is 12.2. The maximum absolute atomic E-state index is 12.1. The summed E-state index contributed by atoms with van der Waals surface area (Å²) in [7, 11) is 0. The smallest absolute Gasteiger partial charge is 0.223 e. The van der Waals surface area contributed by atoms with Gasteiger partial charge in [-0.2, -0.15) is 0 Å². The van der Waals surface area contributed by atoms with Crippen LogP contribution in [0, 0.1) is 11.3 Å². The number of carbonyl (C=O) groups excluding carboxylic acids is 1. The molecule has 1 fully saturated rings. The Hall–Kier alpha value is -0.610. The molecule has 0 atom stereocenters. The molecule has 1 saturated heterocycles. The third-order valence-corrected chi connectivity index (χ3v) is 4.10. The molecule has 0 aliphatic carbocycles. The Balaban J connectivity index is 2.28. The normalized spacial score (nSPS) is 18.9. The molecule has 0 bridgehead atoms. The van der Waals surface area contributed by atoms with Gasteiger partial charge >= 0.3 is 0 Å². The van der Waals surface area contributed by atoms with Gasteiger partial charge in [0.05, 0.1) is 0 Å². The molecule has 0 radical (unpaired) electrons. The number of nitrogens with one attached hydrogen (secondary N) is 1. The summed E-state index contributed by atoms with van der Waals surface area (Å²) >= 11 is 0. The Morgan fingerprint density at radius 2 is 2.00 bits per heavy atom. The van der Waals surface area contributed by atoms with E-state index >= 15 is 0 Å². The van der Waals surface area contributed by atoms with Crippen molar-refractivity contribution in [2.45, 2.75) is 40.0 Å². The molecule has 3 N–H and O–H groups in total. The first-order valence-corrected chi connectivity index (χ1v) is 7.18. The first-order valence-electron chi connectivity index (χ1n) is 7.18. The van der Waals surface area contributed by atoms with Crippen molar-refractivity contribution in [1.29, 1.82) is 0 Å². The summed E-state index contributed by atoms with van der Waals surface area (Å²) in [5, 5.41) is 3.11. The van der Waals surface area contributed by atoms with E-state index in [-0.39, 0.29) is 17.2 Å². The van der Waals surface area contributed by atoms with Crippen molar-refractivity contribution >= 4 is 5.91 Å². The van der Waals surface area contributed by atoms with Crippen molar-refractivity contribution in [3.8, 4) is 0 Å². The molecule has 1 aliphatic heterocycles. The van der Waals surface area contributed by atoms with E-state index in [1.165, 1.54) is 0 Å². The van der Waals surface area contributed by atoms with Crippen LogP contribution in [0.4, 0.5) is 0 Å². The number of hydrogen-bond donors (Lipinski definition) is 2. The minimum Gasteiger partial charge on any atom is -0.355 e. The van der Waals surface area contributed by atoms with Crippen LogP contribution in [0.5, 0.6) is 0 Å². The quantitative estimate of drug-likeness (QED) is 0.750. The van der Waals surface area contributed by atoms with E-state index in [9.17, 15) is 4.79 Å².